The Morgan fingerprint density at radius 3 is 2.75 bits per heavy atom. The van der Waals surface area contributed by atoms with Crippen LogP contribution in [0.1, 0.15) is 12.1 Å². The Hall–Kier alpha value is -1.34. The van der Waals surface area contributed by atoms with Gasteiger partial charge in [-0.1, -0.05) is 0 Å². The minimum Gasteiger partial charge on any atom is -0.396 e. The highest BCUT2D eigenvalue weighted by atomic mass is 32.2. The SMILES string of the molecule is Cc1ccc(N)c(NCCCS(N)(=O)=O)n1. The molecular weight excluding hydrogens is 228 g/mol. The maximum Gasteiger partial charge on any atom is 0.209 e. The van der Waals surface area contributed by atoms with Gasteiger partial charge in [-0.2, -0.15) is 0 Å². The third kappa shape index (κ3) is 4.45. The Bertz CT molecular complexity index is 459. The Balaban J connectivity index is 2.46. The van der Waals surface area contributed by atoms with Crippen molar-refractivity contribution in [3.63, 3.8) is 0 Å². The van der Waals surface area contributed by atoms with Crippen LogP contribution in [-0.4, -0.2) is 25.7 Å². The van der Waals surface area contributed by atoms with Crippen LogP contribution in [0, 0.1) is 6.92 Å². The van der Waals surface area contributed by atoms with Gasteiger partial charge in [0.05, 0.1) is 11.4 Å². The number of rotatable bonds is 5. The van der Waals surface area contributed by atoms with E-state index in [9.17, 15) is 8.42 Å². The van der Waals surface area contributed by atoms with Crippen molar-refractivity contribution in [2.45, 2.75) is 13.3 Å². The van der Waals surface area contributed by atoms with Crippen molar-refractivity contribution in [3.05, 3.63) is 17.8 Å². The molecule has 5 N–H and O–H groups in total. The third-order valence-corrected chi connectivity index (χ3v) is 2.82. The zero-order valence-corrected chi connectivity index (χ0v) is 9.92. The molecule has 0 aliphatic carbocycles. The van der Waals surface area contributed by atoms with Crippen LogP contribution < -0.4 is 16.2 Å². The van der Waals surface area contributed by atoms with E-state index in [0.717, 1.165) is 5.69 Å². The summed E-state index contributed by atoms with van der Waals surface area (Å²) >= 11 is 0. The van der Waals surface area contributed by atoms with Crippen molar-refractivity contribution in [2.24, 2.45) is 5.14 Å². The Kier molecular flexibility index (Phi) is 4.08. The number of aromatic nitrogens is 1. The van der Waals surface area contributed by atoms with Crippen molar-refractivity contribution in [1.82, 2.24) is 4.98 Å². The van der Waals surface area contributed by atoms with Crippen LogP contribution in [0.15, 0.2) is 12.1 Å². The van der Waals surface area contributed by atoms with Crippen LogP contribution in [-0.2, 0) is 10.0 Å². The molecule has 0 amide bonds. The average Bonchev–Trinajstić information content (AvgIpc) is 2.16. The van der Waals surface area contributed by atoms with Gasteiger partial charge < -0.3 is 11.1 Å². The number of anilines is 2. The van der Waals surface area contributed by atoms with Gasteiger partial charge in [-0.3, -0.25) is 0 Å². The lowest BCUT2D eigenvalue weighted by Gasteiger charge is -2.08. The molecule has 1 heterocycles. The normalized spacial score (nSPS) is 11.4. The molecule has 1 aromatic heterocycles. The molecule has 90 valence electrons. The highest BCUT2D eigenvalue weighted by Crippen LogP contribution is 2.14. The molecule has 0 spiro atoms. The summed E-state index contributed by atoms with van der Waals surface area (Å²) < 4.78 is 21.3. The summed E-state index contributed by atoms with van der Waals surface area (Å²) in [5, 5.41) is 7.84. The predicted molar refractivity (Wildman–Crippen MR) is 64.5 cm³/mol. The van der Waals surface area contributed by atoms with E-state index in [1.54, 1.807) is 6.07 Å². The summed E-state index contributed by atoms with van der Waals surface area (Å²) in [4.78, 5) is 4.19. The fourth-order valence-electron chi connectivity index (χ4n) is 1.19. The van der Waals surface area contributed by atoms with E-state index in [0.29, 0.717) is 24.5 Å². The van der Waals surface area contributed by atoms with Gasteiger partial charge in [0, 0.05) is 12.2 Å². The van der Waals surface area contributed by atoms with Gasteiger partial charge in [-0.05, 0) is 25.5 Å². The largest absolute Gasteiger partial charge is 0.396 e. The number of nitrogen functional groups attached to an aromatic ring is 1. The third-order valence-electron chi connectivity index (χ3n) is 1.96. The van der Waals surface area contributed by atoms with E-state index in [-0.39, 0.29) is 5.75 Å². The molecular formula is C9H16N4O2S. The molecule has 0 bridgehead atoms. The first-order chi connectivity index (χ1) is 7.38. The van der Waals surface area contributed by atoms with Gasteiger partial charge in [-0.15, -0.1) is 0 Å². The number of nitrogens with one attached hydrogen (secondary N) is 1. The van der Waals surface area contributed by atoms with Crippen LogP contribution in [0.3, 0.4) is 0 Å². The van der Waals surface area contributed by atoms with E-state index in [1.165, 1.54) is 0 Å². The standard InChI is InChI=1S/C9H16N4O2S/c1-7-3-4-8(10)9(13-7)12-5-2-6-16(11,14)15/h3-4H,2,5-6,10H2,1H3,(H,12,13)(H2,11,14,15). The molecule has 0 saturated heterocycles. The second-order valence-corrected chi connectivity index (χ2v) is 5.27. The van der Waals surface area contributed by atoms with Gasteiger partial charge in [0.15, 0.2) is 0 Å². The molecule has 1 aromatic rings. The Morgan fingerprint density at radius 1 is 1.44 bits per heavy atom. The summed E-state index contributed by atoms with van der Waals surface area (Å²) in [6.45, 7) is 2.33. The molecule has 0 saturated carbocycles. The van der Waals surface area contributed by atoms with E-state index in [4.69, 9.17) is 10.9 Å². The highest BCUT2D eigenvalue weighted by molar-refractivity contribution is 7.89. The molecule has 0 radical (unpaired) electrons. The molecule has 0 aromatic carbocycles. The molecule has 16 heavy (non-hydrogen) atoms. The fraction of sp³-hybridized carbons (Fsp3) is 0.444. The number of hydrogen-bond donors (Lipinski definition) is 3. The first kappa shape index (κ1) is 12.7. The van der Waals surface area contributed by atoms with Crippen molar-refractivity contribution in [2.75, 3.05) is 23.3 Å². The zero-order valence-electron chi connectivity index (χ0n) is 9.10. The molecule has 7 heteroatoms. The van der Waals surface area contributed by atoms with Gasteiger partial charge in [0.25, 0.3) is 0 Å². The van der Waals surface area contributed by atoms with E-state index >= 15 is 0 Å². The number of aryl methyl sites for hydroxylation is 1. The minimum absolute atomic E-state index is 0.0499. The fourth-order valence-corrected chi connectivity index (χ4v) is 1.74. The summed E-state index contributed by atoms with van der Waals surface area (Å²) in [6.07, 6.45) is 0.424. The first-order valence-electron chi connectivity index (χ1n) is 4.86. The first-order valence-corrected chi connectivity index (χ1v) is 6.57. The molecule has 6 nitrogen and oxygen atoms in total. The number of nitrogens with two attached hydrogens (primary N) is 2. The molecule has 0 atom stereocenters. The van der Waals surface area contributed by atoms with Gasteiger partial charge >= 0.3 is 0 Å². The second kappa shape index (κ2) is 5.13. The van der Waals surface area contributed by atoms with Crippen molar-refractivity contribution < 1.29 is 8.42 Å². The van der Waals surface area contributed by atoms with Crippen molar-refractivity contribution >= 4 is 21.5 Å². The maximum atomic E-state index is 10.7. The van der Waals surface area contributed by atoms with Gasteiger partial charge in [-0.25, -0.2) is 18.5 Å². The number of hydrogen-bond acceptors (Lipinski definition) is 5. The van der Waals surface area contributed by atoms with Crippen LogP contribution >= 0.6 is 0 Å². The molecule has 0 aliphatic rings. The monoisotopic (exact) mass is 244 g/mol. The van der Waals surface area contributed by atoms with Crippen LogP contribution in [0.4, 0.5) is 11.5 Å². The molecule has 0 aliphatic heterocycles. The van der Waals surface area contributed by atoms with Crippen molar-refractivity contribution in [1.29, 1.82) is 0 Å². The lowest BCUT2D eigenvalue weighted by atomic mass is 10.3. The van der Waals surface area contributed by atoms with Crippen molar-refractivity contribution in [3.8, 4) is 0 Å². The summed E-state index contributed by atoms with van der Waals surface area (Å²) in [6, 6.07) is 3.56. The van der Waals surface area contributed by atoms with Crippen LogP contribution in [0.2, 0.25) is 0 Å². The summed E-state index contributed by atoms with van der Waals surface area (Å²) in [5.41, 5.74) is 7.08. The van der Waals surface area contributed by atoms with Crippen LogP contribution in [0.25, 0.3) is 0 Å². The number of nitrogens with zero attached hydrogens (tertiary/aromatic N) is 1. The predicted octanol–water partition coefficient (Wildman–Crippen LogP) is 0.0627. The van der Waals surface area contributed by atoms with Crippen LogP contribution in [0.5, 0.6) is 0 Å². The lowest BCUT2D eigenvalue weighted by Crippen LogP contribution is -2.19. The summed E-state index contributed by atoms with van der Waals surface area (Å²) in [5.74, 6) is 0.528. The second-order valence-electron chi connectivity index (χ2n) is 3.54. The van der Waals surface area contributed by atoms with E-state index in [2.05, 4.69) is 10.3 Å². The Labute approximate surface area is 95.1 Å². The molecule has 1 rings (SSSR count). The lowest BCUT2D eigenvalue weighted by molar-refractivity contribution is 0.595. The zero-order chi connectivity index (χ0) is 12.2. The Morgan fingerprint density at radius 2 is 2.12 bits per heavy atom. The van der Waals surface area contributed by atoms with Gasteiger partial charge in [0.2, 0.25) is 10.0 Å². The molecule has 0 unspecified atom stereocenters. The number of sulfonamides is 1. The quantitative estimate of drug-likeness (QED) is 0.634. The maximum absolute atomic E-state index is 10.7. The molecule has 0 fully saturated rings. The number of primary sulfonamides is 1. The highest BCUT2D eigenvalue weighted by Gasteiger charge is 2.03. The minimum atomic E-state index is -3.39. The smallest absolute Gasteiger partial charge is 0.209 e. The average molecular weight is 244 g/mol. The van der Waals surface area contributed by atoms with E-state index < -0.39 is 10.0 Å². The topological polar surface area (TPSA) is 111 Å². The van der Waals surface area contributed by atoms with E-state index in [1.807, 2.05) is 13.0 Å². The van der Waals surface area contributed by atoms with Gasteiger partial charge in [0.1, 0.15) is 5.82 Å². The summed E-state index contributed by atoms with van der Waals surface area (Å²) in [7, 11) is -3.39. The number of pyridine rings is 1.